The fourth-order valence-corrected chi connectivity index (χ4v) is 1.88. The van der Waals surface area contributed by atoms with E-state index in [2.05, 4.69) is 64.5 Å². The van der Waals surface area contributed by atoms with Crippen LogP contribution in [0.4, 0.5) is 0 Å². The molecular weight excluding hydrogens is 224 g/mol. The van der Waals surface area contributed by atoms with Crippen LogP contribution in [0.1, 0.15) is 17.9 Å². The van der Waals surface area contributed by atoms with Gasteiger partial charge in [0.05, 0.1) is 0 Å². The Bertz CT molecular complexity index is 335. The average molecular weight is 235 g/mol. The van der Waals surface area contributed by atoms with E-state index in [4.69, 9.17) is 0 Å². The van der Waals surface area contributed by atoms with Crippen molar-refractivity contribution in [3.05, 3.63) is 58.6 Å². The Morgan fingerprint density at radius 1 is 1.15 bits per heavy atom. The lowest BCUT2D eigenvalue weighted by Gasteiger charge is -2.14. The van der Waals surface area contributed by atoms with E-state index in [1.165, 1.54) is 10.0 Å². The van der Waals surface area contributed by atoms with Crippen LogP contribution in [0.5, 0.6) is 0 Å². The van der Waals surface area contributed by atoms with Crippen LogP contribution in [0, 0.1) is 0 Å². The summed E-state index contributed by atoms with van der Waals surface area (Å²) in [6.45, 7) is 0. The van der Waals surface area contributed by atoms with Crippen LogP contribution in [-0.4, -0.2) is 0 Å². The van der Waals surface area contributed by atoms with Crippen molar-refractivity contribution in [2.24, 2.45) is 0 Å². The summed E-state index contributed by atoms with van der Waals surface area (Å²) < 4.78 is 1.19. The van der Waals surface area contributed by atoms with E-state index < -0.39 is 0 Å². The van der Waals surface area contributed by atoms with Crippen molar-refractivity contribution in [3.8, 4) is 0 Å². The second-order valence-electron chi connectivity index (χ2n) is 3.20. The molecular formula is C12H11Br. The summed E-state index contributed by atoms with van der Waals surface area (Å²) in [5.74, 6) is 0.558. The Hall–Kier alpha value is -0.820. The summed E-state index contributed by atoms with van der Waals surface area (Å²) in [5.41, 5.74) is 1.40. The molecule has 1 aliphatic rings. The fraction of sp³-hybridized carbons (Fsp3) is 0.167. The molecule has 13 heavy (non-hydrogen) atoms. The maximum atomic E-state index is 3.46. The van der Waals surface area contributed by atoms with E-state index in [0.717, 1.165) is 6.42 Å². The van der Waals surface area contributed by atoms with Crippen molar-refractivity contribution < 1.29 is 0 Å². The summed E-state index contributed by atoms with van der Waals surface area (Å²) >= 11 is 3.46. The molecule has 0 saturated carbocycles. The highest BCUT2D eigenvalue weighted by molar-refractivity contribution is 9.11. The lowest BCUT2D eigenvalue weighted by Crippen LogP contribution is -1.96. The molecule has 0 fully saturated rings. The van der Waals surface area contributed by atoms with Crippen LogP contribution in [0.3, 0.4) is 0 Å². The Kier molecular flexibility index (Phi) is 2.65. The standard InChI is InChI=1S/C12H11Br/c13-12-8-6-11(7-9-12)10-4-2-1-3-5-10/h1-6,8-9,11H,7H2. The molecule has 1 atom stereocenters. The van der Waals surface area contributed by atoms with Crippen LogP contribution >= 0.6 is 15.9 Å². The van der Waals surface area contributed by atoms with Gasteiger partial charge in [0.2, 0.25) is 0 Å². The molecule has 0 amide bonds. The van der Waals surface area contributed by atoms with E-state index in [0.29, 0.717) is 5.92 Å². The molecule has 1 unspecified atom stereocenters. The maximum Gasteiger partial charge on any atom is 0.0132 e. The molecule has 2 rings (SSSR count). The average Bonchev–Trinajstić information content (AvgIpc) is 2.20. The molecule has 0 saturated heterocycles. The van der Waals surface area contributed by atoms with Gasteiger partial charge in [0, 0.05) is 10.4 Å². The van der Waals surface area contributed by atoms with Crippen molar-refractivity contribution in [2.45, 2.75) is 12.3 Å². The van der Waals surface area contributed by atoms with Gasteiger partial charge in [-0.3, -0.25) is 0 Å². The van der Waals surface area contributed by atoms with Crippen LogP contribution < -0.4 is 0 Å². The van der Waals surface area contributed by atoms with Crippen molar-refractivity contribution >= 4 is 15.9 Å². The first-order valence-corrected chi connectivity index (χ1v) is 5.24. The highest BCUT2D eigenvalue weighted by Gasteiger charge is 2.08. The first kappa shape index (κ1) is 8.76. The first-order chi connectivity index (χ1) is 6.36. The summed E-state index contributed by atoms with van der Waals surface area (Å²) in [7, 11) is 0. The third-order valence-electron chi connectivity index (χ3n) is 2.28. The lowest BCUT2D eigenvalue weighted by atomic mass is 9.93. The zero-order chi connectivity index (χ0) is 9.10. The molecule has 1 heteroatoms. The number of rotatable bonds is 1. The lowest BCUT2D eigenvalue weighted by molar-refractivity contribution is 0.852. The molecule has 0 aromatic heterocycles. The fourth-order valence-electron chi connectivity index (χ4n) is 1.54. The molecule has 0 spiro atoms. The van der Waals surface area contributed by atoms with Crippen LogP contribution in [0.15, 0.2) is 53.0 Å². The molecule has 1 aromatic carbocycles. The molecule has 1 aliphatic carbocycles. The maximum absolute atomic E-state index is 3.46. The van der Waals surface area contributed by atoms with Crippen molar-refractivity contribution in [2.75, 3.05) is 0 Å². The normalized spacial score (nSPS) is 21.3. The van der Waals surface area contributed by atoms with Crippen molar-refractivity contribution in [3.63, 3.8) is 0 Å². The summed E-state index contributed by atoms with van der Waals surface area (Å²) in [6.07, 6.45) is 7.69. The molecule has 0 bridgehead atoms. The van der Waals surface area contributed by atoms with E-state index >= 15 is 0 Å². The quantitative estimate of drug-likeness (QED) is 0.689. The number of benzene rings is 1. The zero-order valence-corrected chi connectivity index (χ0v) is 8.87. The minimum absolute atomic E-state index is 0.558. The van der Waals surface area contributed by atoms with Crippen LogP contribution in [0.2, 0.25) is 0 Å². The molecule has 1 aromatic rings. The van der Waals surface area contributed by atoms with Crippen LogP contribution in [0.25, 0.3) is 0 Å². The van der Waals surface area contributed by atoms with E-state index in [-0.39, 0.29) is 0 Å². The topological polar surface area (TPSA) is 0 Å². The van der Waals surface area contributed by atoms with Gasteiger partial charge >= 0.3 is 0 Å². The van der Waals surface area contributed by atoms with Gasteiger partial charge in [-0.05, 0) is 12.0 Å². The predicted octanol–water partition coefficient (Wildman–Crippen LogP) is 4.01. The SMILES string of the molecule is BrC1=CCC(c2ccccc2)C=C1. The van der Waals surface area contributed by atoms with Gasteiger partial charge in [-0.1, -0.05) is 64.5 Å². The Balaban J connectivity index is 2.18. The third kappa shape index (κ3) is 2.10. The number of allylic oxidation sites excluding steroid dienone is 4. The number of hydrogen-bond acceptors (Lipinski definition) is 0. The molecule has 0 N–H and O–H groups in total. The first-order valence-electron chi connectivity index (χ1n) is 4.45. The largest absolute Gasteiger partial charge is 0.0756 e. The van der Waals surface area contributed by atoms with Gasteiger partial charge in [-0.15, -0.1) is 0 Å². The van der Waals surface area contributed by atoms with Gasteiger partial charge in [-0.25, -0.2) is 0 Å². The van der Waals surface area contributed by atoms with Gasteiger partial charge in [0.15, 0.2) is 0 Å². The molecule has 0 radical (unpaired) electrons. The van der Waals surface area contributed by atoms with Gasteiger partial charge < -0.3 is 0 Å². The summed E-state index contributed by atoms with van der Waals surface area (Å²) in [6, 6.07) is 10.6. The van der Waals surface area contributed by atoms with Crippen molar-refractivity contribution in [1.82, 2.24) is 0 Å². The van der Waals surface area contributed by atoms with Crippen molar-refractivity contribution in [1.29, 1.82) is 0 Å². The number of halogens is 1. The Labute approximate surface area is 87.1 Å². The monoisotopic (exact) mass is 234 g/mol. The summed E-state index contributed by atoms with van der Waals surface area (Å²) in [5, 5.41) is 0. The van der Waals surface area contributed by atoms with Crippen LogP contribution in [-0.2, 0) is 0 Å². The summed E-state index contributed by atoms with van der Waals surface area (Å²) in [4.78, 5) is 0. The molecule has 0 nitrogen and oxygen atoms in total. The second-order valence-corrected chi connectivity index (χ2v) is 4.12. The van der Waals surface area contributed by atoms with Gasteiger partial charge in [0.25, 0.3) is 0 Å². The zero-order valence-electron chi connectivity index (χ0n) is 7.28. The van der Waals surface area contributed by atoms with E-state index in [1.807, 2.05) is 0 Å². The second kappa shape index (κ2) is 3.93. The molecule has 0 heterocycles. The molecule has 0 aliphatic heterocycles. The smallest absolute Gasteiger partial charge is 0.0132 e. The predicted molar refractivity (Wildman–Crippen MR) is 60.0 cm³/mol. The van der Waals surface area contributed by atoms with Gasteiger partial charge in [-0.2, -0.15) is 0 Å². The van der Waals surface area contributed by atoms with Gasteiger partial charge in [0.1, 0.15) is 0 Å². The highest BCUT2D eigenvalue weighted by Crippen LogP contribution is 2.27. The van der Waals surface area contributed by atoms with E-state index in [9.17, 15) is 0 Å². The third-order valence-corrected chi connectivity index (χ3v) is 2.87. The minimum Gasteiger partial charge on any atom is -0.0756 e. The minimum atomic E-state index is 0.558. The Morgan fingerprint density at radius 2 is 1.92 bits per heavy atom. The van der Waals surface area contributed by atoms with E-state index in [1.54, 1.807) is 0 Å². The number of hydrogen-bond donors (Lipinski definition) is 0. The Morgan fingerprint density at radius 3 is 2.54 bits per heavy atom. The highest BCUT2D eigenvalue weighted by atomic mass is 79.9. The molecule has 66 valence electrons.